The minimum Gasteiger partial charge on any atom is -0.493 e. The summed E-state index contributed by atoms with van der Waals surface area (Å²) in [5.41, 5.74) is 0. The number of hydrogen-bond acceptors (Lipinski definition) is 16. The van der Waals surface area contributed by atoms with E-state index >= 15 is 0 Å². The van der Waals surface area contributed by atoms with E-state index in [1.165, 1.54) is 107 Å². The lowest BCUT2D eigenvalue weighted by Crippen LogP contribution is -2.69. The minimum atomic E-state index is -5.06. The molecule has 0 spiro atoms. The van der Waals surface area contributed by atoms with Gasteiger partial charge in [-0.1, -0.05) is 0 Å². The van der Waals surface area contributed by atoms with Gasteiger partial charge in [-0.15, -0.1) is 0 Å². The zero-order valence-electron chi connectivity index (χ0n) is 31.1. The van der Waals surface area contributed by atoms with Gasteiger partial charge in [0.2, 0.25) is 51.7 Å². The summed E-state index contributed by atoms with van der Waals surface area (Å²) in [4.78, 5) is 14.3. The Bertz CT molecular complexity index is 1380. The molecule has 1 N–H and O–H groups in total. The van der Waals surface area contributed by atoms with Crippen molar-refractivity contribution in [2.45, 2.75) is 0 Å². The van der Waals surface area contributed by atoms with E-state index in [1.807, 2.05) is 0 Å². The first-order valence-electron chi connectivity index (χ1n) is 14.7. The second-order valence-corrected chi connectivity index (χ2v) is 12.8. The number of ether oxygens (including phenoxy) is 15. The zero-order valence-corrected chi connectivity index (χ0v) is 32.1. The summed E-state index contributed by atoms with van der Waals surface area (Å²) in [5.74, 6) is 0.469. The second-order valence-electron chi connectivity index (χ2n) is 9.83. The maximum atomic E-state index is 14.3. The third-order valence-corrected chi connectivity index (χ3v) is 11.5. The van der Waals surface area contributed by atoms with Crippen molar-refractivity contribution in [3.8, 4) is 86.2 Å². The van der Waals surface area contributed by atoms with Crippen molar-refractivity contribution in [2.24, 2.45) is 0 Å². The molecule has 0 saturated heterocycles. The molecule has 16 nitrogen and oxygen atoms in total. The molecule has 0 aliphatic carbocycles. The van der Waals surface area contributed by atoms with Crippen LogP contribution in [0.3, 0.4) is 0 Å². The Labute approximate surface area is 292 Å². The Hall–Kier alpha value is -5.16. The number of hydrogen-bond donors (Lipinski definition) is 1. The van der Waals surface area contributed by atoms with Gasteiger partial charge >= 0.3 is 8.32 Å². The standard InChI is InChI=1S/C33H46O16Si/c1-35-16-19(38-4)25(44-10)31(26(45-11)20(16)39-5)50(34,32-27(46-12)21(40-6)17(36-2)22(41-7)28(32)47-13)33-29(48-14)23(42-8)18(37-3)24(43-9)30(33)49-15/h34H,1-15H3. The van der Waals surface area contributed by atoms with Crippen LogP contribution >= 0.6 is 0 Å². The molecule has 0 aliphatic heterocycles. The van der Waals surface area contributed by atoms with Gasteiger partial charge in [0.05, 0.1) is 122 Å². The SMILES string of the molecule is COc1c(OC)c(OC)c([Si](O)(c2c(OC)c(OC)c(OC)c(OC)c2OC)c2c(OC)c(OC)c(OC)c(OC)c2OC)c(OC)c1OC. The largest absolute Gasteiger partial charge is 0.493 e. The van der Waals surface area contributed by atoms with Crippen LogP contribution < -0.4 is 86.6 Å². The summed E-state index contributed by atoms with van der Waals surface area (Å²) < 4.78 is 88.5. The Morgan fingerprint density at radius 3 is 0.420 bits per heavy atom. The molecule has 0 fully saturated rings. The summed E-state index contributed by atoms with van der Waals surface area (Å²) in [6, 6.07) is 0. The van der Waals surface area contributed by atoms with E-state index in [4.69, 9.17) is 71.1 Å². The summed E-state index contributed by atoms with van der Waals surface area (Å²) >= 11 is 0. The Morgan fingerprint density at radius 1 is 0.220 bits per heavy atom. The van der Waals surface area contributed by atoms with Crippen LogP contribution in [0, 0.1) is 0 Å². The van der Waals surface area contributed by atoms with Crippen LogP contribution in [-0.2, 0) is 0 Å². The molecule has 50 heavy (non-hydrogen) atoms. The zero-order chi connectivity index (χ0) is 37.5. The molecule has 0 radical (unpaired) electrons. The van der Waals surface area contributed by atoms with Crippen LogP contribution in [0.25, 0.3) is 0 Å². The van der Waals surface area contributed by atoms with Crippen molar-refractivity contribution < 1.29 is 75.8 Å². The fourth-order valence-corrected chi connectivity index (χ4v) is 10.1. The average Bonchev–Trinajstić information content (AvgIpc) is 3.16. The summed E-state index contributed by atoms with van der Waals surface area (Å²) in [6.45, 7) is 0. The molecule has 3 rings (SSSR count). The Morgan fingerprint density at radius 2 is 0.320 bits per heavy atom. The summed E-state index contributed by atoms with van der Waals surface area (Å²) in [6.07, 6.45) is 0. The molecular formula is C33H46O16Si. The smallest absolute Gasteiger partial charge is 0.309 e. The molecule has 0 bridgehead atoms. The van der Waals surface area contributed by atoms with Gasteiger partial charge in [0, 0.05) is 0 Å². The van der Waals surface area contributed by atoms with Crippen LogP contribution in [0.4, 0.5) is 0 Å². The molecular weight excluding hydrogens is 680 g/mol. The maximum Gasteiger partial charge on any atom is 0.309 e. The molecule has 0 aliphatic rings. The third kappa shape index (κ3) is 5.69. The van der Waals surface area contributed by atoms with Gasteiger partial charge in [0.15, 0.2) is 34.5 Å². The highest BCUT2D eigenvalue weighted by Crippen LogP contribution is 2.55. The number of benzene rings is 3. The van der Waals surface area contributed by atoms with Crippen LogP contribution in [0.15, 0.2) is 0 Å². The second kappa shape index (κ2) is 16.5. The van der Waals surface area contributed by atoms with Gasteiger partial charge in [-0.25, -0.2) is 0 Å². The lowest BCUT2D eigenvalue weighted by atomic mass is 10.2. The van der Waals surface area contributed by atoms with Crippen molar-refractivity contribution in [3.05, 3.63) is 0 Å². The normalized spacial score (nSPS) is 10.8. The minimum absolute atomic E-state index is 0.00579. The van der Waals surface area contributed by atoms with E-state index in [0.29, 0.717) is 0 Å². The van der Waals surface area contributed by atoms with Gasteiger partial charge in [-0.05, 0) is 0 Å². The van der Waals surface area contributed by atoms with Crippen LogP contribution in [0.1, 0.15) is 0 Å². The molecule has 278 valence electrons. The summed E-state index contributed by atoms with van der Waals surface area (Å²) in [7, 11) is 15.9. The van der Waals surface area contributed by atoms with Gasteiger partial charge in [-0.3, -0.25) is 0 Å². The highest BCUT2D eigenvalue weighted by Gasteiger charge is 2.57. The first-order valence-corrected chi connectivity index (χ1v) is 16.6. The highest BCUT2D eigenvalue weighted by molar-refractivity contribution is 7.09. The topological polar surface area (TPSA) is 159 Å². The number of rotatable bonds is 18. The highest BCUT2D eigenvalue weighted by atomic mass is 28.4. The van der Waals surface area contributed by atoms with Crippen molar-refractivity contribution in [2.75, 3.05) is 107 Å². The predicted octanol–water partition coefficient (Wildman–Crippen LogP) is 1.77. The lowest BCUT2D eigenvalue weighted by Gasteiger charge is -2.36. The van der Waals surface area contributed by atoms with Crippen molar-refractivity contribution >= 4 is 23.9 Å². The Balaban J connectivity index is 3.10. The van der Waals surface area contributed by atoms with E-state index in [2.05, 4.69) is 0 Å². The molecule has 0 amide bonds. The van der Waals surface area contributed by atoms with Gasteiger partial charge in [0.25, 0.3) is 0 Å². The fraction of sp³-hybridized carbons (Fsp3) is 0.455. The molecule has 0 aromatic heterocycles. The molecule has 3 aromatic rings. The molecule has 0 saturated carbocycles. The average molecular weight is 727 g/mol. The summed E-state index contributed by atoms with van der Waals surface area (Å²) in [5, 5.41) is -0.0174. The molecule has 0 atom stereocenters. The van der Waals surface area contributed by atoms with Crippen molar-refractivity contribution in [3.63, 3.8) is 0 Å². The first-order chi connectivity index (χ1) is 24.1. The van der Waals surface area contributed by atoms with Gasteiger partial charge in [-0.2, -0.15) is 0 Å². The molecule has 0 heterocycles. The van der Waals surface area contributed by atoms with Crippen molar-refractivity contribution in [1.82, 2.24) is 0 Å². The van der Waals surface area contributed by atoms with Gasteiger partial charge < -0.3 is 75.8 Å². The van der Waals surface area contributed by atoms with Crippen LogP contribution in [0.2, 0.25) is 0 Å². The predicted molar refractivity (Wildman–Crippen MR) is 184 cm³/mol. The maximum absolute atomic E-state index is 14.3. The monoisotopic (exact) mass is 726 g/mol. The van der Waals surface area contributed by atoms with E-state index in [1.54, 1.807) is 0 Å². The fourth-order valence-electron chi connectivity index (χ4n) is 6.12. The third-order valence-electron chi connectivity index (χ3n) is 7.98. The van der Waals surface area contributed by atoms with Gasteiger partial charge in [0.1, 0.15) is 0 Å². The molecule has 17 heteroatoms. The quantitative estimate of drug-likeness (QED) is 0.149. The number of methoxy groups -OCH3 is 15. The van der Waals surface area contributed by atoms with E-state index < -0.39 is 8.32 Å². The van der Waals surface area contributed by atoms with Crippen LogP contribution in [-0.4, -0.2) is 120 Å². The molecule has 3 aromatic carbocycles. The van der Waals surface area contributed by atoms with E-state index in [0.717, 1.165) is 0 Å². The molecule has 0 unspecified atom stereocenters. The Kier molecular flexibility index (Phi) is 13.0. The first kappa shape index (κ1) is 39.3. The van der Waals surface area contributed by atoms with E-state index in [-0.39, 0.29) is 102 Å². The van der Waals surface area contributed by atoms with E-state index in [9.17, 15) is 4.80 Å². The lowest BCUT2D eigenvalue weighted by molar-refractivity contribution is 0.289. The van der Waals surface area contributed by atoms with Crippen molar-refractivity contribution in [1.29, 1.82) is 0 Å². The van der Waals surface area contributed by atoms with Crippen LogP contribution in [0.5, 0.6) is 86.2 Å².